The van der Waals surface area contributed by atoms with Gasteiger partial charge in [0.15, 0.2) is 0 Å². The van der Waals surface area contributed by atoms with Gasteiger partial charge in [0.05, 0.1) is 36.2 Å². The number of anilines is 1. The quantitative estimate of drug-likeness (QED) is 0.777. The maximum Gasteiger partial charge on any atom is 0.147 e. The van der Waals surface area contributed by atoms with Crippen LogP contribution in [0.2, 0.25) is 0 Å². The fourth-order valence-corrected chi connectivity index (χ4v) is 1.76. The summed E-state index contributed by atoms with van der Waals surface area (Å²) in [6.07, 6.45) is 5.26. The van der Waals surface area contributed by atoms with E-state index in [0.29, 0.717) is 5.88 Å². The zero-order valence-electron chi connectivity index (χ0n) is 10.3. The van der Waals surface area contributed by atoms with Gasteiger partial charge in [-0.3, -0.25) is 9.97 Å². The SMILES string of the molecule is CCN(Cc1ccccn1)c1cnc(CCl)cn1. The van der Waals surface area contributed by atoms with Crippen molar-refractivity contribution in [3.8, 4) is 0 Å². The van der Waals surface area contributed by atoms with Crippen LogP contribution in [0, 0.1) is 0 Å². The summed E-state index contributed by atoms with van der Waals surface area (Å²) in [7, 11) is 0. The van der Waals surface area contributed by atoms with Gasteiger partial charge in [0.2, 0.25) is 0 Å². The van der Waals surface area contributed by atoms with Gasteiger partial charge >= 0.3 is 0 Å². The van der Waals surface area contributed by atoms with E-state index in [1.807, 2.05) is 18.2 Å². The van der Waals surface area contributed by atoms with Crippen LogP contribution in [0.5, 0.6) is 0 Å². The highest BCUT2D eigenvalue weighted by atomic mass is 35.5. The molecule has 0 aliphatic carbocycles. The molecule has 0 spiro atoms. The van der Waals surface area contributed by atoms with Gasteiger partial charge in [-0.25, -0.2) is 4.98 Å². The van der Waals surface area contributed by atoms with Gasteiger partial charge in [-0.05, 0) is 19.1 Å². The van der Waals surface area contributed by atoms with E-state index in [1.54, 1.807) is 18.6 Å². The molecule has 0 unspecified atom stereocenters. The van der Waals surface area contributed by atoms with Gasteiger partial charge in [-0.15, -0.1) is 11.6 Å². The number of alkyl halides is 1. The normalized spacial score (nSPS) is 10.3. The Morgan fingerprint density at radius 2 is 2.00 bits per heavy atom. The fourth-order valence-electron chi connectivity index (χ4n) is 1.62. The lowest BCUT2D eigenvalue weighted by molar-refractivity contribution is 0.788. The molecule has 0 radical (unpaired) electrons. The summed E-state index contributed by atoms with van der Waals surface area (Å²) in [6.45, 7) is 3.66. The maximum absolute atomic E-state index is 5.70. The highest BCUT2D eigenvalue weighted by Crippen LogP contribution is 2.12. The first-order valence-electron chi connectivity index (χ1n) is 5.85. The number of hydrogen-bond donors (Lipinski definition) is 0. The van der Waals surface area contributed by atoms with Gasteiger partial charge in [-0.1, -0.05) is 6.07 Å². The lowest BCUT2D eigenvalue weighted by atomic mass is 10.3. The third kappa shape index (κ3) is 3.17. The van der Waals surface area contributed by atoms with Crippen LogP contribution >= 0.6 is 11.6 Å². The van der Waals surface area contributed by atoms with E-state index in [-0.39, 0.29) is 0 Å². The summed E-state index contributed by atoms with van der Waals surface area (Å²) >= 11 is 5.70. The lowest BCUT2D eigenvalue weighted by Crippen LogP contribution is -2.23. The Hall–Kier alpha value is -1.68. The summed E-state index contributed by atoms with van der Waals surface area (Å²) in [5.41, 5.74) is 1.80. The molecule has 0 saturated heterocycles. The van der Waals surface area contributed by atoms with Gasteiger partial charge in [0.25, 0.3) is 0 Å². The molecule has 0 aromatic carbocycles. The summed E-state index contributed by atoms with van der Waals surface area (Å²) in [5.74, 6) is 1.23. The van der Waals surface area contributed by atoms with Crippen molar-refractivity contribution in [2.45, 2.75) is 19.3 Å². The average Bonchev–Trinajstić information content (AvgIpc) is 2.46. The number of nitrogens with zero attached hydrogens (tertiary/aromatic N) is 4. The minimum absolute atomic E-state index is 0.389. The van der Waals surface area contributed by atoms with E-state index in [1.165, 1.54) is 0 Å². The first-order valence-corrected chi connectivity index (χ1v) is 6.38. The number of hydrogen-bond acceptors (Lipinski definition) is 4. The number of rotatable bonds is 5. The predicted octanol–water partition coefficient (Wildman–Crippen LogP) is 2.64. The van der Waals surface area contributed by atoms with E-state index in [4.69, 9.17) is 11.6 Å². The van der Waals surface area contributed by atoms with Gasteiger partial charge < -0.3 is 4.90 Å². The molecule has 18 heavy (non-hydrogen) atoms. The van der Waals surface area contributed by atoms with Crippen LogP contribution in [0.15, 0.2) is 36.8 Å². The van der Waals surface area contributed by atoms with Crippen LogP contribution in [0.25, 0.3) is 0 Å². The lowest BCUT2D eigenvalue weighted by Gasteiger charge is -2.21. The Kier molecular flexibility index (Phi) is 4.47. The Bertz CT molecular complexity index is 472. The maximum atomic E-state index is 5.70. The fraction of sp³-hybridized carbons (Fsp3) is 0.308. The number of pyridine rings is 1. The van der Waals surface area contributed by atoms with Crippen molar-refractivity contribution in [3.63, 3.8) is 0 Å². The molecule has 0 saturated carbocycles. The molecule has 4 nitrogen and oxygen atoms in total. The topological polar surface area (TPSA) is 41.9 Å². The Balaban J connectivity index is 2.12. The van der Waals surface area contributed by atoms with E-state index >= 15 is 0 Å². The second-order valence-electron chi connectivity index (χ2n) is 3.83. The summed E-state index contributed by atoms with van der Waals surface area (Å²) in [4.78, 5) is 15.1. The third-order valence-corrected chi connectivity index (χ3v) is 2.89. The van der Waals surface area contributed by atoms with Crippen LogP contribution in [0.4, 0.5) is 5.82 Å². The second kappa shape index (κ2) is 6.31. The number of halogens is 1. The van der Waals surface area contributed by atoms with Crippen molar-refractivity contribution in [2.75, 3.05) is 11.4 Å². The standard InChI is InChI=1S/C13H15ClN4/c1-2-18(10-11-5-3-4-6-15-11)13-9-16-12(7-14)8-17-13/h3-6,8-9H,2,7,10H2,1H3. The Morgan fingerprint density at radius 1 is 1.11 bits per heavy atom. The molecule has 5 heteroatoms. The average molecular weight is 263 g/mol. The van der Waals surface area contributed by atoms with Crippen molar-refractivity contribution < 1.29 is 0 Å². The van der Waals surface area contributed by atoms with Crippen LogP contribution in [0.1, 0.15) is 18.3 Å². The molecule has 0 fully saturated rings. The highest BCUT2D eigenvalue weighted by Gasteiger charge is 2.07. The third-order valence-electron chi connectivity index (χ3n) is 2.61. The van der Waals surface area contributed by atoms with Crippen LogP contribution in [-0.2, 0) is 12.4 Å². The molecule has 0 N–H and O–H groups in total. The molecular weight excluding hydrogens is 248 g/mol. The molecule has 94 valence electrons. The predicted molar refractivity (Wildman–Crippen MR) is 72.6 cm³/mol. The molecule has 0 aliphatic heterocycles. The van der Waals surface area contributed by atoms with Crippen molar-refractivity contribution >= 4 is 17.4 Å². The molecule has 0 atom stereocenters. The van der Waals surface area contributed by atoms with Crippen molar-refractivity contribution in [1.82, 2.24) is 15.0 Å². The summed E-state index contributed by atoms with van der Waals surface area (Å²) in [5, 5.41) is 0. The van der Waals surface area contributed by atoms with E-state index in [2.05, 4.69) is 26.8 Å². The number of aromatic nitrogens is 3. The smallest absolute Gasteiger partial charge is 0.147 e. The first kappa shape index (κ1) is 12.8. The Labute approximate surface area is 112 Å². The highest BCUT2D eigenvalue weighted by molar-refractivity contribution is 6.16. The van der Waals surface area contributed by atoms with Gasteiger partial charge in [0.1, 0.15) is 5.82 Å². The summed E-state index contributed by atoms with van der Waals surface area (Å²) in [6, 6.07) is 5.90. The van der Waals surface area contributed by atoms with Crippen molar-refractivity contribution in [3.05, 3.63) is 48.2 Å². The van der Waals surface area contributed by atoms with Crippen LogP contribution in [-0.4, -0.2) is 21.5 Å². The molecular formula is C13H15ClN4. The van der Waals surface area contributed by atoms with E-state index < -0.39 is 0 Å². The Morgan fingerprint density at radius 3 is 2.56 bits per heavy atom. The van der Waals surface area contributed by atoms with Gasteiger partial charge in [-0.2, -0.15) is 0 Å². The summed E-state index contributed by atoms with van der Waals surface area (Å²) < 4.78 is 0. The van der Waals surface area contributed by atoms with Crippen LogP contribution in [0.3, 0.4) is 0 Å². The largest absolute Gasteiger partial charge is 0.350 e. The molecule has 0 bridgehead atoms. The second-order valence-corrected chi connectivity index (χ2v) is 4.10. The zero-order chi connectivity index (χ0) is 12.8. The molecule has 2 rings (SSSR count). The van der Waals surface area contributed by atoms with E-state index in [9.17, 15) is 0 Å². The monoisotopic (exact) mass is 262 g/mol. The first-order chi connectivity index (χ1) is 8.83. The molecule has 0 aliphatic rings. The molecule has 2 aromatic rings. The zero-order valence-corrected chi connectivity index (χ0v) is 11.0. The molecule has 2 heterocycles. The molecule has 2 aromatic heterocycles. The molecule has 0 amide bonds. The van der Waals surface area contributed by atoms with E-state index in [0.717, 1.165) is 30.3 Å². The van der Waals surface area contributed by atoms with Crippen molar-refractivity contribution in [1.29, 1.82) is 0 Å². The minimum atomic E-state index is 0.389. The van der Waals surface area contributed by atoms with Gasteiger partial charge in [0, 0.05) is 12.7 Å². The minimum Gasteiger partial charge on any atom is -0.350 e. The van der Waals surface area contributed by atoms with Crippen LogP contribution < -0.4 is 4.90 Å². The van der Waals surface area contributed by atoms with Crippen molar-refractivity contribution in [2.24, 2.45) is 0 Å².